The molecular weight excluding hydrogens is 564 g/mol. The van der Waals surface area contributed by atoms with Crippen molar-refractivity contribution >= 4 is 29.6 Å². The second kappa shape index (κ2) is 13.5. The number of nitrogens with one attached hydrogen (secondary N) is 3. The number of nitrogens with zero attached hydrogens (tertiary/aromatic N) is 2. The summed E-state index contributed by atoms with van der Waals surface area (Å²) in [6.45, 7) is 6.12. The van der Waals surface area contributed by atoms with E-state index in [0.717, 1.165) is 61.3 Å². The van der Waals surface area contributed by atoms with Gasteiger partial charge in [-0.3, -0.25) is 14.6 Å². The molecule has 3 fully saturated rings. The molecule has 1 aliphatic carbocycles. The predicted molar refractivity (Wildman–Crippen MR) is 165 cm³/mol. The summed E-state index contributed by atoms with van der Waals surface area (Å²) in [4.78, 5) is 52.9. The van der Waals surface area contributed by atoms with Gasteiger partial charge in [-0.2, -0.15) is 0 Å². The predicted octanol–water partition coefficient (Wildman–Crippen LogP) is 3.10. The first-order valence-electron chi connectivity index (χ1n) is 15.3. The first kappa shape index (κ1) is 31.1. The van der Waals surface area contributed by atoms with Crippen LogP contribution in [0, 0.1) is 0 Å². The minimum absolute atomic E-state index is 0.135. The van der Waals surface area contributed by atoms with Crippen LogP contribution in [0.3, 0.4) is 0 Å². The zero-order valence-corrected chi connectivity index (χ0v) is 25.4. The van der Waals surface area contributed by atoms with Crippen LogP contribution >= 0.6 is 0 Å². The smallest absolute Gasteiger partial charge is 0.338 e. The molecule has 236 valence electrons. The molecule has 44 heavy (non-hydrogen) atoms. The highest BCUT2D eigenvalue weighted by molar-refractivity contribution is 5.97. The summed E-state index contributed by atoms with van der Waals surface area (Å²) in [5, 5.41) is 8.54. The van der Waals surface area contributed by atoms with Crippen LogP contribution in [-0.4, -0.2) is 80.8 Å². The van der Waals surface area contributed by atoms with Gasteiger partial charge in [0.1, 0.15) is 5.75 Å². The fourth-order valence-electron chi connectivity index (χ4n) is 6.05. The number of rotatable bonds is 12. The van der Waals surface area contributed by atoms with Gasteiger partial charge >= 0.3 is 18.0 Å². The first-order valence-corrected chi connectivity index (χ1v) is 15.3. The molecule has 3 aliphatic rings. The Morgan fingerprint density at radius 1 is 1.07 bits per heavy atom. The molecule has 1 saturated carbocycles. The fraction of sp³-hybridized carbons (Fsp3) is 0.500. The van der Waals surface area contributed by atoms with E-state index in [1.54, 1.807) is 29.2 Å². The number of benzene rings is 2. The summed E-state index contributed by atoms with van der Waals surface area (Å²) >= 11 is 0. The van der Waals surface area contributed by atoms with Crippen molar-refractivity contribution in [2.45, 2.75) is 57.0 Å². The number of piperidine rings is 1. The summed E-state index contributed by atoms with van der Waals surface area (Å²) in [6, 6.07) is 10.3. The number of anilines is 1. The number of ether oxygens (including phenoxy) is 2. The lowest BCUT2D eigenvalue weighted by Gasteiger charge is -2.39. The maximum atomic E-state index is 13.1. The summed E-state index contributed by atoms with van der Waals surface area (Å²) < 4.78 is 11.0. The zero-order chi connectivity index (χ0) is 31.3. The van der Waals surface area contributed by atoms with Gasteiger partial charge < -0.3 is 31.2 Å². The average Bonchev–Trinajstić information content (AvgIpc) is 3.81. The number of hydrogen-bond acceptors (Lipinski definition) is 7. The quantitative estimate of drug-likeness (QED) is 0.214. The molecule has 0 bridgehead atoms. The normalized spacial score (nSPS) is 17.7. The molecule has 0 aromatic heterocycles. The Labute approximate surface area is 257 Å². The van der Waals surface area contributed by atoms with Crippen molar-refractivity contribution in [3.8, 4) is 5.75 Å². The van der Waals surface area contributed by atoms with E-state index in [4.69, 9.17) is 15.2 Å². The maximum absolute atomic E-state index is 13.1. The lowest BCUT2D eigenvalue weighted by atomic mass is 9.88. The summed E-state index contributed by atoms with van der Waals surface area (Å²) in [7, 11) is 1.41. The Morgan fingerprint density at radius 3 is 2.41 bits per heavy atom. The number of amides is 5. The van der Waals surface area contributed by atoms with E-state index < -0.39 is 6.03 Å². The van der Waals surface area contributed by atoms with E-state index in [1.807, 2.05) is 13.0 Å². The van der Waals surface area contributed by atoms with Gasteiger partial charge in [-0.25, -0.2) is 14.4 Å². The highest BCUT2D eigenvalue weighted by Crippen LogP contribution is 2.44. The second-order valence-corrected chi connectivity index (χ2v) is 11.8. The van der Waals surface area contributed by atoms with E-state index in [-0.39, 0.29) is 23.4 Å². The molecule has 0 atom stereocenters. The number of methoxy groups -OCH3 is 1. The van der Waals surface area contributed by atoms with Crippen LogP contribution in [0.15, 0.2) is 36.4 Å². The summed E-state index contributed by atoms with van der Waals surface area (Å²) in [6.07, 6.45) is 4.33. The number of nitrogens with two attached hydrogens (primary N) is 1. The van der Waals surface area contributed by atoms with Crippen LogP contribution in [0.5, 0.6) is 5.75 Å². The molecule has 12 nitrogen and oxygen atoms in total. The van der Waals surface area contributed by atoms with Crippen LogP contribution in [0.25, 0.3) is 0 Å². The highest BCUT2D eigenvalue weighted by atomic mass is 16.5. The number of carbonyl (C=O) groups is 4. The average molecular weight is 607 g/mol. The SMILES string of the molecule is CCOc1cc(C(=O)OC)c(C2CC2)cc1CN1CCC2(CC1)CN(c1ccc(C(=O)NCCCNC(N)=O)cc1)C(=O)N2. The van der Waals surface area contributed by atoms with E-state index >= 15 is 0 Å². The number of carbonyl (C=O) groups excluding carboxylic acids is 4. The van der Waals surface area contributed by atoms with Crippen LogP contribution in [0.4, 0.5) is 15.3 Å². The van der Waals surface area contributed by atoms with Crippen molar-refractivity contribution in [1.82, 2.24) is 20.9 Å². The first-order chi connectivity index (χ1) is 21.2. The minimum Gasteiger partial charge on any atom is -0.494 e. The molecule has 1 spiro atoms. The monoisotopic (exact) mass is 606 g/mol. The third kappa shape index (κ3) is 7.24. The van der Waals surface area contributed by atoms with Gasteiger partial charge in [-0.1, -0.05) is 0 Å². The molecule has 5 rings (SSSR count). The summed E-state index contributed by atoms with van der Waals surface area (Å²) in [5.41, 5.74) is 8.66. The van der Waals surface area contributed by atoms with Crippen LogP contribution in [-0.2, 0) is 11.3 Å². The largest absolute Gasteiger partial charge is 0.494 e. The van der Waals surface area contributed by atoms with Gasteiger partial charge in [0.25, 0.3) is 5.91 Å². The molecule has 0 unspecified atom stereocenters. The second-order valence-electron chi connectivity index (χ2n) is 11.8. The Balaban J connectivity index is 1.17. The Bertz CT molecular complexity index is 1380. The maximum Gasteiger partial charge on any atom is 0.338 e. The van der Waals surface area contributed by atoms with Crippen molar-refractivity contribution in [3.05, 3.63) is 58.7 Å². The molecule has 2 heterocycles. The standard InChI is InChI=1S/C32H42N6O6/c1-3-44-27-18-26(29(40)43-2)25(21-5-6-21)17-23(27)19-37-15-11-32(12-16-37)20-38(31(42)36-32)24-9-7-22(8-10-24)28(39)34-13-4-14-35-30(33)41/h7-10,17-18,21H,3-6,11-16,19-20H2,1-2H3,(H,34,39)(H,36,42)(H3,33,35,41). The van der Waals surface area contributed by atoms with Crippen LogP contribution in [0.1, 0.15) is 76.8 Å². The third-order valence-corrected chi connectivity index (χ3v) is 8.62. The van der Waals surface area contributed by atoms with Crippen molar-refractivity contribution in [3.63, 3.8) is 0 Å². The number of esters is 1. The zero-order valence-electron chi connectivity index (χ0n) is 25.4. The fourth-order valence-corrected chi connectivity index (χ4v) is 6.05. The van der Waals surface area contributed by atoms with Crippen LogP contribution < -0.4 is 31.3 Å². The Morgan fingerprint density at radius 2 is 1.77 bits per heavy atom. The van der Waals surface area contributed by atoms with E-state index in [2.05, 4.69) is 26.9 Å². The Hall–Kier alpha value is -4.32. The number of urea groups is 2. The molecular formula is C32H42N6O6. The molecule has 5 N–H and O–H groups in total. The number of likely N-dealkylation sites (tertiary alicyclic amines) is 1. The molecule has 5 amide bonds. The van der Waals surface area contributed by atoms with E-state index in [0.29, 0.717) is 56.3 Å². The van der Waals surface area contributed by atoms with Gasteiger partial charge in [-0.05, 0) is 86.9 Å². The third-order valence-electron chi connectivity index (χ3n) is 8.62. The highest BCUT2D eigenvalue weighted by Gasteiger charge is 2.45. The number of primary amides is 1. The van der Waals surface area contributed by atoms with E-state index in [9.17, 15) is 19.2 Å². The van der Waals surface area contributed by atoms with Gasteiger partial charge in [0.2, 0.25) is 0 Å². The minimum atomic E-state index is -0.590. The molecule has 2 aliphatic heterocycles. The topological polar surface area (TPSA) is 155 Å². The van der Waals surface area contributed by atoms with Gasteiger partial charge in [-0.15, -0.1) is 0 Å². The molecule has 0 radical (unpaired) electrons. The van der Waals surface area contributed by atoms with Crippen molar-refractivity contribution in [2.24, 2.45) is 5.73 Å². The summed E-state index contributed by atoms with van der Waals surface area (Å²) in [5.74, 6) is 0.561. The van der Waals surface area contributed by atoms with E-state index in [1.165, 1.54) is 7.11 Å². The van der Waals surface area contributed by atoms with Crippen molar-refractivity contribution < 1.29 is 28.7 Å². The molecule has 2 aromatic carbocycles. The molecule has 2 aromatic rings. The Kier molecular flexibility index (Phi) is 9.58. The van der Waals surface area contributed by atoms with Crippen molar-refractivity contribution in [1.29, 1.82) is 0 Å². The molecule has 12 heteroatoms. The van der Waals surface area contributed by atoms with Crippen molar-refractivity contribution in [2.75, 3.05) is 51.3 Å². The van der Waals surface area contributed by atoms with Gasteiger partial charge in [0, 0.05) is 49.5 Å². The van der Waals surface area contributed by atoms with Crippen LogP contribution in [0.2, 0.25) is 0 Å². The lowest BCUT2D eigenvalue weighted by molar-refractivity contribution is 0.0598. The molecule has 2 saturated heterocycles. The van der Waals surface area contributed by atoms with Gasteiger partial charge in [0.05, 0.1) is 31.4 Å². The van der Waals surface area contributed by atoms with Gasteiger partial charge in [0.15, 0.2) is 0 Å². The lowest BCUT2D eigenvalue weighted by Crippen LogP contribution is -2.52. The number of hydrogen-bond donors (Lipinski definition) is 4.